The van der Waals surface area contributed by atoms with Gasteiger partial charge < -0.3 is 4.42 Å². The van der Waals surface area contributed by atoms with Crippen LogP contribution in [0.4, 0.5) is 5.69 Å². The summed E-state index contributed by atoms with van der Waals surface area (Å²) in [6.07, 6.45) is 1.75. The van der Waals surface area contributed by atoms with E-state index in [1.807, 2.05) is 43.3 Å². The molecule has 0 radical (unpaired) electrons. The number of aryl methyl sites for hydroxylation is 1. The highest BCUT2D eigenvalue weighted by Gasteiger charge is 2.34. The second kappa shape index (κ2) is 9.57. The maximum atomic E-state index is 13.2. The summed E-state index contributed by atoms with van der Waals surface area (Å²) in [6, 6.07) is 16.8. The predicted molar refractivity (Wildman–Crippen MR) is 135 cm³/mol. The summed E-state index contributed by atoms with van der Waals surface area (Å²) in [7, 11) is 0. The Labute approximate surface area is 201 Å². The Bertz CT molecular complexity index is 1210. The van der Waals surface area contributed by atoms with Gasteiger partial charge in [-0.1, -0.05) is 54.7 Å². The smallest absolute Gasteiger partial charge is 0.266 e. The predicted octanol–water partition coefficient (Wildman–Crippen LogP) is 7.82. The number of nitrogens with zero attached hydrogens (tertiary/aromatic N) is 2. The van der Waals surface area contributed by atoms with Crippen molar-refractivity contribution in [3.63, 3.8) is 0 Å². The van der Waals surface area contributed by atoms with E-state index in [-0.39, 0.29) is 5.91 Å². The van der Waals surface area contributed by atoms with Gasteiger partial charge in [-0.3, -0.25) is 9.69 Å². The second-order valence-electron chi connectivity index (χ2n) is 7.98. The molecule has 1 aliphatic rings. The highest BCUT2D eigenvalue weighted by molar-refractivity contribution is 8.18. The van der Waals surface area contributed by atoms with E-state index in [0.29, 0.717) is 49.7 Å². The Morgan fingerprint density at radius 3 is 2.56 bits per heavy atom. The summed E-state index contributed by atoms with van der Waals surface area (Å²) in [5.41, 5.74) is 2.69. The molecule has 1 saturated heterocycles. The molecule has 4 nitrogen and oxygen atoms in total. The van der Waals surface area contributed by atoms with Crippen LogP contribution >= 0.6 is 35.0 Å². The fourth-order valence-corrected chi connectivity index (χ4v) is 4.61. The van der Waals surface area contributed by atoms with E-state index in [1.165, 1.54) is 11.8 Å². The lowest BCUT2D eigenvalue weighted by molar-refractivity contribution is -0.122. The Morgan fingerprint density at radius 1 is 1.09 bits per heavy atom. The van der Waals surface area contributed by atoms with Gasteiger partial charge in [0.05, 0.1) is 15.6 Å². The Balaban J connectivity index is 1.65. The number of carbonyl (C=O) groups is 1. The molecular weight excluding hydrogens is 463 g/mol. The molecule has 0 bridgehead atoms. The normalized spacial score (nSPS) is 16.7. The number of halogens is 2. The zero-order valence-electron chi connectivity index (χ0n) is 17.9. The van der Waals surface area contributed by atoms with Crippen LogP contribution in [0.2, 0.25) is 10.0 Å². The lowest BCUT2D eigenvalue weighted by Crippen LogP contribution is -2.32. The van der Waals surface area contributed by atoms with Crippen LogP contribution in [0, 0.1) is 12.8 Å². The molecule has 1 aromatic heterocycles. The highest BCUT2D eigenvalue weighted by atomic mass is 35.5. The minimum atomic E-state index is -0.0756. The maximum absolute atomic E-state index is 13.2. The third-order valence-electron chi connectivity index (χ3n) is 4.79. The van der Waals surface area contributed by atoms with Crippen LogP contribution in [-0.4, -0.2) is 22.5 Å². The number of amidine groups is 1. The zero-order chi connectivity index (χ0) is 22.8. The molecule has 0 saturated carbocycles. The molecule has 0 atom stereocenters. The van der Waals surface area contributed by atoms with Crippen molar-refractivity contribution in [1.82, 2.24) is 4.90 Å². The van der Waals surface area contributed by atoms with Gasteiger partial charge in [-0.2, -0.15) is 0 Å². The van der Waals surface area contributed by atoms with E-state index in [2.05, 4.69) is 13.8 Å². The SMILES string of the molecule is Cc1ccc(N=C2S/C(=C/c3ccc(-c4cc(Cl)ccc4Cl)o3)C(=O)N2CC(C)C)cc1. The molecule has 164 valence electrons. The number of hydrogen-bond acceptors (Lipinski definition) is 4. The van der Waals surface area contributed by atoms with Gasteiger partial charge in [0.1, 0.15) is 11.5 Å². The van der Waals surface area contributed by atoms with Crippen molar-refractivity contribution in [3.8, 4) is 11.3 Å². The van der Waals surface area contributed by atoms with Crippen LogP contribution in [0.3, 0.4) is 0 Å². The first-order chi connectivity index (χ1) is 15.3. The summed E-state index contributed by atoms with van der Waals surface area (Å²) < 4.78 is 5.96. The first-order valence-electron chi connectivity index (χ1n) is 10.2. The fraction of sp³-hybridized carbons (Fsp3) is 0.200. The van der Waals surface area contributed by atoms with Gasteiger partial charge in [0.2, 0.25) is 0 Å². The average molecular weight is 485 g/mol. The molecule has 1 amide bonds. The number of benzene rings is 2. The largest absolute Gasteiger partial charge is 0.457 e. The Hall–Kier alpha value is -2.47. The summed E-state index contributed by atoms with van der Waals surface area (Å²) >= 11 is 13.7. The summed E-state index contributed by atoms with van der Waals surface area (Å²) in [5, 5.41) is 1.79. The van der Waals surface area contributed by atoms with Gasteiger partial charge in [-0.25, -0.2) is 4.99 Å². The van der Waals surface area contributed by atoms with Gasteiger partial charge in [-0.05, 0) is 67.1 Å². The van der Waals surface area contributed by atoms with E-state index in [4.69, 9.17) is 32.6 Å². The van der Waals surface area contributed by atoms with Crippen LogP contribution in [0.1, 0.15) is 25.2 Å². The molecular formula is C25H22Cl2N2O2S. The van der Waals surface area contributed by atoms with Gasteiger partial charge in [0.15, 0.2) is 5.17 Å². The van der Waals surface area contributed by atoms with E-state index >= 15 is 0 Å². The molecule has 32 heavy (non-hydrogen) atoms. The van der Waals surface area contributed by atoms with Crippen molar-refractivity contribution in [1.29, 1.82) is 0 Å². The van der Waals surface area contributed by atoms with Crippen molar-refractivity contribution in [2.45, 2.75) is 20.8 Å². The molecule has 3 aromatic rings. The molecule has 2 aromatic carbocycles. The molecule has 7 heteroatoms. The van der Waals surface area contributed by atoms with Crippen LogP contribution in [0.5, 0.6) is 0 Å². The molecule has 2 heterocycles. The van der Waals surface area contributed by atoms with E-state index in [1.54, 1.807) is 29.2 Å². The van der Waals surface area contributed by atoms with Crippen molar-refractivity contribution in [2.75, 3.05) is 6.54 Å². The van der Waals surface area contributed by atoms with Crippen molar-refractivity contribution >= 4 is 57.8 Å². The van der Waals surface area contributed by atoms with E-state index in [9.17, 15) is 4.79 Å². The first kappa shape index (κ1) is 22.7. The lowest BCUT2D eigenvalue weighted by Gasteiger charge is -2.17. The van der Waals surface area contributed by atoms with Gasteiger partial charge in [-0.15, -0.1) is 0 Å². The monoisotopic (exact) mass is 484 g/mol. The number of carbonyl (C=O) groups excluding carboxylic acids is 1. The van der Waals surface area contributed by atoms with Crippen LogP contribution in [0.15, 0.2) is 68.9 Å². The van der Waals surface area contributed by atoms with Crippen molar-refractivity contribution in [2.24, 2.45) is 10.9 Å². The number of rotatable bonds is 5. The molecule has 0 aliphatic carbocycles. The number of hydrogen-bond donors (Lipinski definition) is 0. The van der Waals surface area contributed by atoms with Crippen molar-refractivity contribution < 1.29 is 9.21 Å². The topological polar surface area (TPSA) is 45.8 Å². The maximum Gasteiger partial charge on any atom is 0.266 e. The average Bonchev–Trinajstić information content (AvgIpc) is 3.32. The van der Waals surface area contributed by atoms with Crippen molar-refractivity contribution in [3.05, 3.63) is 80.9 Å². The van der Waals surface area contributed by atoms with Gasteiger partial charge >= 0.3 is 0 Å². The van der Waals surface area contributed by atoms with E-state index in [0.717, 1.165) is 11.3 Å². The Kier molecular flexibility index (Phi) is 6.79. The zero-order valence-corrected chi connectivity index (χ0v) is 20.3. The lowest BCUT2D eigenvalue weighted by atomic mass is 10.2. The van der Waals surface area contributed by atoms with Crippen LogP contribution < -0.4 is 0 Å². The third kappa shape index (κ3) is 5.12. The summed E-state index contributed by atoms with van der Waals surface area (Å²) in [4.78, 5) is 20.2. The molecule has 0 spiro atoms. The number of aliphatic imine (C=N–C) groups is 1. The first-order valence-corrected chi connectivity index (χ1v) is 11.8. The number of amides is 1. The van der Waals surface area contributed by atoms with Crippen LogP contribution in [-0.2, 0) is 4.79 Å². The van der Waals surface area contributed by atoms with Crippen LogP contribution in [0.25, 0.3) is 17.4 Å². The molecule has 1 fully saturated rings. The molecule has 0 unspecified atom stereocenters. The molecule has 0 N–H and O–H groups in total. The molecule has 1 aliphatic heterocycles. The Morgan fingerprint density at radius 2 is 1.84 bits per heavy atom. The number of thioether (sulfide) groups is 1. The fourth-order valence-electron chi connectivity index (χ4n) is 3.24. The van der Waals surface area contributed by atoms with Gasteiger partial charge in [0, 0.05) is 23.2 Å². The minimum Gasteiger partial charge on any atom is -0.457 e. The van der Waals surface area contributed by atoms with E-state index < -0.39 is 0 Å². The third-order valence-corrected chi connectivity index (χ3v) is 6.36. The highest BCUT2D eigenvalue weighted by Crippen LogP contribution is 2.36. The standard InChI is InChI=1S/C25H22Cl2N2O2S/c1-15(2)14-29-24(30)23(32-25(29)28-18-7-4-16(3)5-8-18)13-19-9-11-22(31-19)20-12-17(26)6-10-21(20)27/h4-13,15H,14H2,1-3H3/b23-13+,28-25?. The molecule has 4 rings (SSSR count). The summed E-state index contributed by atoms with van der Waals surface area (Å²) in [6.45, 7) is 6.79. The second-order valence-corrected chi connectivity index (χ2v) is 9.83. The van der Waals surface area contributed by atoms with Gasteiger partial charge in [0.25, 0.3) is 5.91 Å². The number of furan rings is 1. The minimum absolute atomic E-state index is 0.0756. The summed E-state index contributed by atoms with van der Waals surface area (Å²) in [5.74, 6) is 1.39. The quantitative estimate of drug-likeness (QED) is 0.346.